The second kappa shape index (κ2) is 12.3. The zero-order valence-electron chi connectivity index (χ0n) is 11.1. The summed E-state index contributed by atoms with van der Waals surface area (Å²) in [4.78, 5) is 21.5. The standard InChI is InChI=1S/C12H22O6/c1-3-11(13)17-9-7-15-5-6-16-8-10-18-12(14)4-2/h3-10H2,1-2H3. The Morgan fingerprint density at radius 2 is 1.00 bits per heavy atom. The fraction of sp³-hybridized carbons (Fsp3) is 0.833. The second-order valence-corrected chi connectivity index (χ2v) is 3.37. The van der Waals surface area contributed by atoms with E-state index in [-0.39, 0.29) is 25.2 Å². The van der Waals surface area contributed by atoms with Gasteiger partial charge in [-0.15, -0.1) is 0 Å². The normalized spacial score (nSPS) is 10.1. The molecule has 0 aromatic rings. The average Bonchev–Trinajstić information content (AvgIpc) is 2.40. The maximum atomic E-state index is 10.8. The van der Waals surface area contributed by atoms with Crippen LogP contribution in [0.25, 0.3) is 0 Å². The van der Waals surface area contributed by atoms with Crippen molar-refractivity contribution >= 4 is 11.9 Å². The molecule has 0 rings (SSSR count). The van der Waals surface area contributed by atoms with Crippen molar-refractivity contribution in [3.63, 3.8) is 0 Å². The number of esters is 2. The molecule has 0 saturated heterocycles. The Kier molecular flexibility index (Phi) is 11.5. The molecule has 0 amide bonds. The molecule has 0 unspecified atom stereocenters. The maximum Gasteiger partial charge on any atom is 0.305 e. The first-order valence-corrected chi connectivity index (χ1v) is 6.17. The molecule has 6 heteroatoms. The third-order valence-electron chi connectivity index (χ3n) is 1.93. The van der Waals surface area contributed by atoms with E-state index in [0.29, 0.717) is 39.3 Å². The molecule has 0 radical (unpaired) electrons. The van der Waals surface area contributed by atoms with Crippen molar-refractivity contribution in [3.05, 3.63) is 0 Å². The number of carbonyl (C=O) groups is 2. The average molecular weight is 262 g/mol. The van der Waals surface area contributed by atoms with Crippen molar-refractivity contribution in [2.75, 3.05) is 39.6 Å². The quantitative estimate of drug-likeness (QED) is 0.407. The van der Waals surface area contributed by atoms with E-state index in [2.05, 4.69) is 0 Å². The van der Waals surface area contributed by atoms with Crippen LogP contribution in [-0.2, 0) is 28.5 Å². The van der Waals surface area contributed by atoms with E-state index in [1.165, 1.54) is 0 Å². The first-order valence-electron chi connectivity index (χ1n) is 6.17. The lowest BCUT2D eigenvalue weighted by Crippen LogP contribution is -2.14. The maximum absolute atomic E-state index is 10.8. The van der Waals surface area contributed by atoms with Gasteiger partial charge in [-0.25, -0.2) is 0 Å². The molecule has 18 heavy (non-hydrogen) atoms. The summed E-state index contributed by atoms with van der Waals surface area (Å²) < 4.78 is 20.0. The van der Waals surface area contributed by atoms with Crippen LogP contribution in [0.2, 0.25) is 0 Å². The Balaban J connectivity index is 3.07. The van der Waals surface area contributed by atoms with Crippen molar-refractivity contribution in [1.29, 1.82) is 0 Å². The SMILES string of the molecule is CCC(=O)OCCOCCOCCOC(=O)CC. The van der Waals surface area contributed by atoms with Gasteiger partial charge >= 0.3 is 11.9 Å². The number of hydrogen-bond donors (Lipinski definition) is 0. The van der Waals surface area contributed by atoms with Crippen LogP contribution < -0.4 is 0 Å². The zero-order chi connectivity index (χ0) is 13.6. The highest BCUT2D eigenvalue weighted by atomic mass is 16.6. The Labute approximate surface area is 108 Å². The summed E-state index contributed by atoms with van der Waals surface area (Å²) >= 11 is 0. The van der Waals surface area contributed by atoms with Crippen LogP contribution in [0.3, 0.4) is 0 Å². The van der Waals surface area contributed by atoms with Crippen molar-refractivity contribution in [3.8, 4) is 0 Å². The molecule has 6 nitrogen and oxygen atoms in total. The van der Waals surface area contributed by atoms with Gasteiger partial charge in [0, 0.05) is 12.8 Å². The van der Waals surface area contributed by atoms with E-state index in [4.69, 9.17) is 18.9 Å². The van der Waals surface area contributed by atoms with E-state index in [1.54, 1.807) is 13.8 Å². The number of ether oxygens (including phenoxy) is 4. The summed E-state index contributed by atoms with van der Waals surface area (Å²) in [6.45, 7) is 5.57. The van der Waals surface area contributed by atoms with E-state index in [0.717, 1.165) is 0 Å². The van der Waals surface area contributed by atoms with E-state index >= 15 is 0 Å². The molecule has 0 heterocycles. The smallest absolute Gasteiger partial charge is 0.305 e. The van der Waals surface area contributed by atoms with Crippen LogP contribution in [0.5, 0.6) is 0 Å². The molecule has 0 fully saturated rings. The molecule has 0 spiro atoms. The van der Waals surface area contributed by atoms with Gasteiger partial charge in [0.05, 0.1) is 26.4 Å². The monoisotopic (exact) mass is 262 g/mol. The molecule has 0 aromatic carbocycles. The van der Waals surface area contributed by atoms with Gasteiger partial charge in [0.25, 0.3) is 0 Å². The minimum absolute atomic E-state index is 0.229. The van der Waals surface area contributed by atoms with Gasteiger partial charge in [0.1, 0.15) is 13.2 Å². The summed E-state index contributed by atoms with van der Waals surface area (Å²) in [6.07, 6.45) is 0.749. The lowest BCUT2D eigenvalue weighted by atomic mass is 10.5. The number of hydrogen-bond acceptors (Lipinski definition) is 6. The lowest BCUT2D eigenvalue weighted by molar-refractivity contribution is -0.146. The van der Waals surface area contributed by atoms with Crippen LogP contribution in [0, 0.1) is 0 Å². The number of carbonyl (C=O) groups excluding carboxylic acids is 2. The van der Waals surface area contributed by atoms with Crippen LogP contribution in [0.15, 0.2) is 0 Å². The Bertz CT molecular complexity index is 205. The van der Waals surface area contributed by atoms with Crippen LogP contribution >= 0.6 is 0 Å². The molecule has 0 aliphatic carbocycles. The van der Waals surface area contributed by atoms with E-state index in [1.807, 2.05) is 0 Å². The molecule has 0 N–H and O–H groups in total. The zero-order valence-corrected chi connectivity index (χ0v) is 11.1. The highest BCUT2D eigenvalue weighted by Crippen LogP contribution is 1.87. The lowest BCUT2D eigenvalue weighted by Gasteiger charge is -2.06. The van der Waals surface area contributed by atoms with Gasteiger partial charge in [0.15, 0.2) is 0 Å². The second-order valence-electron chi connectivity index (χ2n) is 3.37. The van der Waals surface area contributed by atoms with E-state index in [9.17, 15) is 9.59 Å². The Morgan fingerprint density at radius 3 is 1.33 bits per heavy atom. The van der Waals surface area contributed by atoms with Gasteiger partial charge in [-0.2, -0.15) is 0 Å². The van der Waals surface area contributed by atoms with Crippen LogP contribution in [-0.4, -0.2) is 51.6 Å². The first kappa shape index (κ1) is 16.9. The highest BCUT2D eigenvalue weighted by Gasteiger charge is 1.98. The van der Waals surface area contributed by atoms with E-state index < -0.39 is 0 Å². The molecular formula is C12H22O6. The van der Waals surface area contributed by atoms with Crippen molar-refractivity contribution in [1.82, 2.24) is 0 Å². The largest absolute Gasteiger partial charge is 0.463 e. The van der Waals surface area contributed by atoms with Gasteiger partial charge < -0.3 is 18.9 Å². The first-order chi connectivity index (χ1) is 8.70. The van der Waals surface area contributed by atoms with Crippen LogP contribution in [0.1, 0.15) is 26.7 Å². The minimum atomic E-state index is -0.229. The molecule has 0 saturated carbocycles. The predicted molar refractivity (Wildman–Crippen MR) is 64.1 cm³/mol. The molecule has 0 aliphatic heterocycles. The molecule has 0 bridgehead atoms. The number of rotatable bonds is 11. The summed E-state index contributed by atoms with van der Waals surface area (Å²) in [7, 11) is 0. The van der Waals surface area contributed by atoms with Crippen molar-refractivity contribution < 1.29 is 28.5 Å². The van der Waals surface area contributed by atoms with Crippen molar-refractivity contribution in [2.24, 2.45) is 0 Å². The fourth-order valence-electron chi connectivity index (χ4n) is 0.955. The molecule has 0 atom stereocenters. The summed E-state index contributed by atoms with van der Waals surface area (Å²) in [5, 5.41) is 0. The highest BCUT2D eigenvalue weighted by molar-refractivity contribution is 5.69. The van der Waals surface area contributed by atoms with Gasteiger partial charge in [-0.05, 0) is 0 Å². The fourth-order valence-corrected chi connectivity index (χ4v) is 0.955. The van der Waals surface area contributed by atoms with Gasteiger partial charge in [-0.3, -0.25) is 9.59 Å². The summed E-state index contributed by atoms with van der Waals surface area (Å²) in [6, 6.07) is 0. The topological polar surface area (TPSA) is 71.1 Å². The summed E-state index contributed by atoms with van der Waals surface area (Å²) in [5.41, 5.74) is 0. The Morgan fingerprint density at radius 1 is 0.667 bits per heavy atom. The molecule has 0 aliphatic rings. The van der Waals surface area contributed by atoms with Gasteiger partial charge in [0.2, 0.25) is 0 Å². The van der Waals surface area contributed by atoms with Crippen molar-refractivity contribution in [2.45, 2.75) is 26.7 Å². The molecule has 0 aromatic heterocycles. The third kappa shape index (κ3) is 11.3. The van der Waals surface area contributed by atoms with Gasteiger partial charge in [-0.1, -0.05) is 13.8 Å². The predicted octanol–water partition coefficient (Wildman–Crippen LogP) is 0.926. The Hall–Kier alpha value is -1.14. The third-order valence-corrected chi connectivity index (χ3v) is 1.93. The minimum Gasteiger partial charge on any atom is -0.463 e. The summed E-state index contributed by atoms with van der Waals surface area (Å²) in [5.74, 6) is -0.458. The molecule has 106 valence electrons. The van der Waals surface area contributed by atoms with Crippen LogP contribution in [0.4, 0.5) is 0 Å². The molecular weight excluding hydrogens is 240 g/mol.